The van der Waals surface area contributed by atoms with Gasteiger partial charge in [-0.05, 0) is 67.9 Å². The van der Waals surface area contributed by atoms with Crippen LogP contribution < -0.4 is 20.4 Å². The number of benzene rings is 2. The summed E-state index contributed by atoms with van der Waals surface area (Å²) in [6, 6.07) is 16.4. The third-order valence-corrected chi connectivity index (χ3v) is 5.22. The zero-order valence-corrected chi connectivity index (χ0v) is 17.4. The Labute approximate surface area is 172 Å². The molecule has 0 aliphatic carbocycles. The van der Waals surface area contributed by atoms with Gasteiger partial charge in [-0.15, -0.1) is 0 Å². The molecule has 2 N–H and O–H groups in total. The number of anilines is 3. The van der Waals surface area contributed by atoms with E-state index in [9.17, 15) is 4.79 Å². The van der Waals surface area contributed by atoms with Crippen LogP contribution in [0.25, 0.3) is 0 Å². The molecule has 1 saturated heterocycles. The molecule has 1 heterocycles. The number of aryl methyl sites for hydroxylation is 1. The smallest absolute Gasteiger partial charge is 0.227 e. The summed E-state index contributed by atoms with van der Waals surface area (Å²) < 4.78 is 0. The van der Waals surface area contributed by atoms with Crippen LogP contribution in [0.5, 0.6) is 0 Å². The molecule has 0 unspecified atom stereocenters. The van der Waals surface area contributed by atoms with Gasteiger partial charge < -0.3 is 20.4 Å². The SMILES string of the molecule is Cc1cc(NC(=S)NCCCN(C)c2ccccc2)ccc1N1CCCC1=O. The van der Waals surface area contributed by atoms with Crippen LogP contribution in [0.3, 0.4) is 0 Å². The van der Waals surface area contributed by atoms with Gasteiger partial charge in [0.15, 0.2) is 5.11 Å². The second-order valence-corrected chi connectivity index (χ2v) is 7.55. The zero-order valence-electron chi connectivity index (χ0n) is 16.6. The van der Waals surface area contributed by atoms with Crippen LogP contribution >= 0.6 is 12.2 Å². The Hall–Kier alpha value is -2.60. The van der Waals surface area contributed by atoms with Crippen molar-refractivity contribution in [3.63, 3.8) is 0 Å². The Morgan fingerprint density at radius 3 is 2.68 bits per heavy atom. The van der Waals surface area contributed by atoms with E-state index in [2.05, 4.69) is 46.8 Å². The normalized spacial score (nSPS) is 13.5. The Balaban J connectivity index is 1.43. The summed E-state index contributed by atoms with van der Waals surface area (Å²) in [5.41, 5.74) is 4.23. The van der Waals surface area contributed by atoms with E-state index < -0.39 is 0 Å². The van der Waals surface area contributed by atoms with Crippen LogP contribution in [-0.2, 0) is 4.79 Å². The van der Waals surface area contributed by atoms with Crippen LogP contribution in [0.2, 0.25) is 0 Å². The minimum atomic E-state index is 0.210. The van der Waals surface area contributed by atoms with Crippen molar-refractivity contribution in [3.8, 4) is 0 Å². The second-order valence-electron chi connectivity index (χ2n) is 7.14. The Morgan fingerprint density at radius 2 is 2.00 bits per heavy atom. The molecule has 0 bridgehead atoms. The molecule has 1 aliphatic heterocycles. The largest absolute Gasteiger partial charge is 0.375 e. The number of amides is 1. The highest BCUT2D eigenvalue weighted by atomic mass is 32.1. The number of rotatable bonds is 7. The van der Waals surface area contributed by atoms with Crippen molar-refractivity contribution >= 4 is 40.3 Å². The first-order valence-corrected chi connectivity index (χ1v) is 10.2. The van der Waals surface area contributed by atoms with Gasteiger partial charge in [-0.1, -0.05) is 18.2 Å². The van der Waals surface area contributed by atoms with Crippen molar-refractivity contribution in [1.82, 2.24) is 5.32 Å². The monoisotopic (exact) mass is 396 g/mol. The number of carbonyl (C=O) groups excluding carboxylic acids is 1. The van der Waals surface area contributed by atoms with Gasteiger partial charge >= 0.3 is 0 Å². The summed E-state index contributed by atoms with van der Waals surface area (Å²) >= 11 is 5.41. The highest BCUT2D eigenvalue weighted by Gasteiger charge is 2.22. The minimum Gasteiger partial charge on any atom is -0.375 e. The highest BCUT2D eigenvalue weighted by Crippen LogP contribution is 2.27. The third kappa shape index (κ3) is 5.23. The first-order valence-electron chi connectivity index (χ1n) is 9.76. The lowest BCUT2D eigenvalue weighted by molar-refractivity contribution is -0.117. The Bertz CT molecular complexity index is 825. The van der Waals surface area contributed by atoms with Crippen LogP contribution in [0, 0.1) is 6.92 Å². The second kappa shape index (κ2) is 9.55. The predicted molar refractivity (Wildman–Crippen MR) is 121 cm³/mol. The minimum absolute atomic E-state index is 0.210. The first-order chi connectivity index (χ1) is 13.5. The molecule has 1 amide bonds. The molecular weight excluding hydrogens is 368 g/mol. The van der Waals surface area contributed by atoms with Crippen LogP contribution in [0.15, 0.2) is 48.5 Å². The molecule has 1 aliphatic rings. The zero-order chi connectivity index (χ0) is 19.9. The van der Waals surface area contributed by atoms with Gasteiger partial charge in [0.05, 0.1) is 0 Å². The maximum atomic E-state index is 12.0. The molecule has 1 fully saturated rings. The average Bonchev–Trinajstić information content (AvgIpc) is 3.11. The Morgan fingerprint density at radius 1 is 1.21 bits per heavy atom. The molecule has 0 spiro atoms. The number of nitrogens with one attached hydrogen (secondary N) is 2. The number of hydrogen-bond acceptors (Lipinski definition) is 3. The number of hydrogen-bond donors (Lipinski definition) is 2. The van der Waals surface area contributed by atoms with Gasteiger partial charge in [0.25, 0.3) is 0 Å². The van der Waals surface area contributed by atoms with Crippen molar-refractivity contribution in [2.24, 2.45) is 0 Å². The summed E-state index contributed by atoms with van der Waals surface area (Å²) in [7, 11) is 2.10. The molecular formula is C22H28N4OS. The quantitative estimate of drug-likeness (QED) is 0.548. The molecule has 2 aromatic rings. The van der Waals surface area contributed by atoms with Gasteiger partial charge in [0.2, 0.25) is 5.91 Å². The van der Waals surface area contributed by atoms with Gasteiger partial charge in [-0.3, -0.25) is 4.79 Å². The van der Waals surface area contributed by atoms with E-state index >= 15 is 0 Å². The lowest BCUT2D eigenvalue weighted by Crippen LogP contribution is -2.31. The van der Waals surface area contributed by atoms with Crippen molar-refractivity contribution in [3.05, 3.63) is 54.1 Å². The lowest BCUT2D eigenvalue weighted by atomic mass is 10.1. The van der Waals surface area contributed by atoms with E-state index in [0.717, 1.165) is 49.4 Å². The predicted octanol–water partition coefficient (Wildman–Crippen LogP) is 3.93. The van der Waals surface area contributed by atoms with Gasteiger partial charge in [-0.2, -0.15) is 0 Å². The average molecular weight is 397 g/mol. The fourth-order valence-electron chi connectivity index (χ4n) is 3.44. The van der Waals surface area contributed by atoms with E-state index in [-0.39, 0.29) is 5.91 Å². The molecule has 3 rings (SSSR count). The Kier molecular flexibility index (Phi) is 6.87. The fraction of sp³-hybridized carbons (Fsp3) is 0.364. The van der Waals surface area contributed by atoms with Crippen molar-refractivity contribution in [2.45, 2.75) is 26.2 Å². The molecule has 0 saturated carbocycles. The van der Waals surface area contributed by atoms with Crippen LogP contribution in [0.1, 0.15) is 24.8 Å². The number of nitrogens with zero attached hydrogens (tertiary/aromatic N) is 2. The van der Waals surface area contributed by atoms with E-state index in [1.165, 1.54) is 5.69 Å². The maximum Gasteiger partial charge on any atom is 0.227 e. The number of para-hydroxylation sites is 1. The summed E-state index contributed by atoms with van der Waals surface area (Å²) in [6.45, 7) is 4.60. The molecule has 0 radical (unpaired) electrons. The van der Waals surface area contributed by atoms with E-state index in [1.807, 2.05) is 36.1 Å². The lowest BCUT2D eigenvalue weighted by Gasteiger charge is -2.20. The number of thiocarbonyl (C=S) groups is 1. The van der Waals surface area contributed by atoms with Crippen molar-refractivity contribution in [2.75, 3.05) is 41.8 Å². The van der Waals surface area contributed by atoms with Gasteiger partial charge in [0, 0.05) is 50.2 Å². The fourth-order valence-corrected chi connectivity index (χ4v) is 3.66. The number of carbonyl (C=O) groups is 1. The molecule has 0 aromatic heterocycles. The summed E-state index contributed by atoms with van der Waals surface area (Å²) in [4.78, 5) is 16.1. The van der Waals surface area contributed by atoms with Crippen LogP contribution in [-0.4, -0.2) is 37.7 Å². The van der Waals surface area contributed by atoms with E-state index in [4.69, 9.17) is 12.2 Å². The molecule has 148 valence electrons. The van der Waals surface area contributed by atoms with Crippen molar-refractivity contribution in [1.29, 1.82) is 0 Å². The summed E-state index contributed by atoms with van der Waals surface area (Å²) in [5.74, 6) is 0.210. The molecule has 2 aromatic carbocycles. The van der Waals surface area contributed by atoms with Crippen LogP contribution in [0.4, 0.5) is 17.1 Å². The molecule has 6 heteroatoms. The summed E-state index contributed by atoms with van der Waals surface area (Å²) in [5, 5.41) is 7.12. The van der Waals surface area contributed by atoms with Crippen molar-refractivity contribution < 1.29 is 4.79 Å². The molecule has 28 heavy (non-hydrogen) atoms. The first kappa shape index (κ1) is 20.1. The highest BCUT2D eigenvalue weighted by molar-refractivity contribution is 7.80. The topological polar surface area (TPSA) is 47.6 Å². The molecule has 0 atom stereocenters. The third-order valence-electron chi connectivity index (χ3n) is 4.97. The summed E-state index contributed by atoms with van der Waals surface area (Å²) in [6.07, 6.45) is 2.57. The maximum absolute atomic E-state index is 12.0. The van der Waals surface area contributed by atoms with Gasteiger partial charge in [-0.25, -0.2) is 0 Å². The standard InChI is InChI=1S/C22H28N4OS/c1-17-16-18(11-12-20(17)26-15-6-10-21(26)27)24-22(28)23-13-7-14-25(2)19-8-4-3-5-9-19/h3-5,8-9,11-12,16H,6-7,10,13-15H2,1-2H3,(H2,23,24,28). The molecule has 5 nitrogen and oxygen atoms in total. The van der Waals surface area contributed by atoms with E-state index in [1.54, 1.807) is 0 Å². The van der Waals surface area contributed by atoms with E-state index in [0.29, 0.717) is 11.5 Å². The van der Waals surface area contributed by atoms with Gasteiger partial charge in [0.1, 0.15) is 0 Å².